The number of H-pyrrole nitrogens is 1. The Morgan fingerprint density at radius 1 is 1.40 bits per heavy atom. The number of benzene rings is 1. The van der Waals surface area contributed by atoms with E-state index in [-0.39, 0.29) is 0 Å². The van der Waals surface area contributed by atoms with Gasteiger partial charge in [-0.2, -0.15) is 5.26 Å². The summed E-state index contributed by atoms with van der Waals surface area (Å²) in [5.41, 5.74) is 2.64. The molecule has 15 heavy (non-hydrogen) atoms. The van der Waals surface area contributed by atoms with Crippen molar-refractivity contribution in [3.8, 4) is 6.07 Å². The van der Waals surface area contributed by atoms with Gasteiger partial charge in [-0.05, 0) is 31.0 Å². The summed E-state index contributed by atoms with van der Waals surface area (Å²) in [6.07, 6.45) is 3.79. The van der Waals surface area contributed by atoms with Crippen LogP contribution in [0, 0.1) is 11.3 Å². The first-order chi connectivity index (χ1) is 7.36. The van der Waals surface area contributed by atoms with Crippen molar-refractivity contribution in [2.75, 3.05) is 0 Å². The van der Waals surface area contributed by atoms with E-state index in [1.165, 1.54) is 19.3 Å². The molecular weight excluding hydrogens is 186 g/mol. The van der Waals surface area contributed by atoms with E-state index in [1.54, 1.807) is 0 Å². The van der Waals surface area contributed by atoms with Crippen LogP contribution in [-0.4, -0.2) is 9.97 Å². The number of aromatic nitrogens is 2. The summed E-state index contributed by atoms with van der Waals surface area (Å²) in [6.45, 7) is 0. The number of rotatable bonds is 1. The predicted molar refractivity (Wildman–Crippen MR) is 57.4 cm³/mol. The number of aromatic amines is 1. The highest BCUT2D eigenvalue weighted by Gasteiger charge is 2.22. The number of imidazole rings is 1. The molecule has 1 heterocycles. The Kier molecular flexibility index (Phi) is 1.75. The molecule has 0 atom stereocenters. The van der Waals surface area contributed by atoms with E-state index in [2.05, 4.69) is 16.0 Å². The molecular formula is C12H11N3. The molecule has 0 spiro atoms. The number of fused-ring (bicyclic) bond motifs is 1. The smallest absolute Gasteiger partial charge is 0.110 e. The van der Waals surface area contributed by atoms with Crippen molar-refractivity contribution in [1.82, 2.24) is 9.97 Å². The lowest BCUT2D eigenvalue weighted by Crippen LogP contribution is -2.10. The zero-order valence-corrected chi connectivity index (χ0v) is 8.33. The molecule has 1 aliphatic rings. The van der Waals surface area contributed by atoms with Gasteiger partial charge < -0.3 is 4.98 Å². The van der Waals surface area contributed by atoms with Gasteiger partial charge in [-0.3, -0.25) is 0 Å². The first-order valence-corrected chi connectivity index (χ1v) is 5.26. The van der Waals surface area contributed by atoms with Crippen molar-refractivity contribution in [1.29, 1.82) is 5.26 Å². The zero-order chi connectivity index (χ0) is 10.3. The monoisotopic (exact) mass is 197 g/mol. The fraction of sp³-hybridized carbons (Fsp3) is 0.333. The summed E-state index contributed by atoms with van der Waals surface area (Å²) in [4.78, 5) is 7.86. The van der Waals surface area contributed by atoms with E-state index < -0.39 is 0 Å². The summed E-state index contributed by atoms with van der Waals surface area (Å²) in [5, 5.41) is 8.79. The molecule has 3 nitrogen and oxygen atoms in total. The van der Waals surface area contributed by atoms with Gasteiger partial charge in [0, 0.05) is 5.92 Å². The van der Waals surface area contributed by atoms with Crippen molar-refractivity contribution in [2.45, 2.75) is 25.2 Å². The molecule has 3 rings (SSSR count). The van der Waals surface area contributed by atoms with Crippen LogP contribution in [0.3, 0.4) is 0 Å². The van der Waals surface area contributed by atoms with Crippen LogP contribution in [-0.2, 0) is 0 Å². The summed E-state index contributed by atoms with van der Waals surface area (Å²) < 4.78 is 0. The lowest BCUT2D eigenvalue weighted by molar-refractivity contribution is 0.405. The van der Waals surface area contributed by atoms with Gasteiger partial charge in [-0.25, -0.2) is 4.98 Å². The van der Waals surface area contributed by atoms with Gasteiger partial charge >= 0.3 is 0 Å². The Hall–Kier alpha value is -1.82. The summed E-state index contributed by atoms with van der Waals surface area (Å²) in [6, 6.07) is 7.73. The second-order valence-electron chi connectivity index (χ2n) is 4.09. The molecule has 2 aromatic rings. The Morgan fingerprint density at radius 2 is 2.27 bits per heavy atom. The fourth-order valence-corrected chi connectivity index (χ4v) is 1.97. The molecule has 0 radical (unpaired) electrons. The maximum atomic E-state index is 8.79. The lowest BCUT2D eigenvalue weighted by Gasteiger charge is -2.22. The molecule has 1 aromatic carbocycles. The minimum atomic E-state index is 0.614. The molecule has 0 bridgehead atoms. The summed E-state index contributed by atoms with van der Waals surface area (Å²) >= 11 is 0. The average Bonchev–Trinajstić information content (AvgIpc) is 2.56. The molecule has 1 fully saturated rings. The van der Waals surface area contributed by atoms with Gasteiger partial charge in [0.25, 0.3) is 0 Å². The molecule has 1 aliphatic carbocycles. The van der Waals surface area contributed by atoms with Crippen molar-refractivity contribution in [3.05, 3.63) is 29.6 Å². The van der Waals surface area contributed by atoms with E-state index in [0.717, 1.165) is 16.9 Å². The highest BCUT2D eigenvalue weighted by atomic mass is 14.9. The Balaban J connectivity index is 2.09. The standard InChI is InChI=1S/C12H11N3/c13-7-8-4-5-10-11(6-8)15-12(14-10)9-2-1-3-9/h4-6,9H,1-3H2,(H,14,15). The third-order valence-corrected chi connectivity index (χ3v) is 3.12. The second kappa shape index (κ2) is 3.09. The van der Waals surface area contributed by atoms with Crippen molar-refractivity contribution in [2.24, 2.45) is 0 Å². The van der Waals surface area contributed by atoms with E-state index in [1.807, 2.05) is 18.2 Å². The van der Waals surface area contributed by atoms with Gasteiger partial charge in [0.2, 0.25) is 0 Å². The largest absolute Gasteiger partial charge is 0.342 e. The van der Waals surface area contributed by atoms with Crippen LogP contribution in [0.1, 0.15) is 36.6 Å². The van der Waals surface area contributed by atoms with Gasteiger partial charge in [0.15, 0.2) is 0 Å². The molecule has 0 aliphatic heterocycles. The molecule has 1 saturated carbocycles. The van der Waals surface area contributed by atoms with Gasteiger partial charge in [0.05, 0.1) is 22.7 Å². The van der Waals surface area contributed by atoms with E-state index in [4.69, 9.17) is 5.26 Å². The first-order valence-electron chi connectivity index (χ1n) is 5.26. The molecule has 1 N–H and O–H groups in total. The highest BCUT2D eigenvalue weighted by molar-refractivity contribution is 5.76. The van der Waals surface area contributed by atoms with Gasteiger partial charge in [0.1, 0.15) is 5.82 Å². The quantitative estimate of drug-likeness (QED) is 0.764. The second-order valence-corrected chi connectivity index (χ2v) is 4.09. The molecule has 0 unspecified atom stereocenters. The maximum Gasteiger partial charge on any atom is 0.110 e. The van der Waals surface area contributed by atoms with E-state index in [0.29, 0.717) is 11.5 Å². The van der Waals surface area contributed by atoms with Crippen molar-refractivity contribution < 1.29 is 0 Å². The first kappa shape index (κ1) is 8.49. The normalized spacial score (nSPS) is 16.2. The Labute approximate surface area is 87.8 Å². The van der Waals surface area contributed by atoms with Gasteiger partial charge in [-0.15, -0.1) is 0 Å². The lowest BCUT2D eigenvalue weighted by atomic mass is 9.85. The van der Waals surface area contributed by atoms with Crippen LogP contribution in [0.5, 0.6) is 0 Å². The maximum absolute atomic E-state index is 8.79. The number of nitriles is 1. The highest BCUT2D eigenvalue weighted by Crippen LogP contribution is 2.35. The molecule has 3 heteroatoms. The number of hydrogen-bond acceptors (Lipinski definition) is 2. The van der Waals surface area contributed by atoms with Crippen molar-refractivity contribution >= 4 is 11.0 Å². The third-order valence-electron chi connectivity index (χ3n) is 3.12. The van der Waals surface area contributed by atoms with Crippen LogP contribution in [0.4, 0.5) is 0 Å². The zero-order valence-electron chi connectivity index (χ0n) is 8.33. The summed E-state index contributed by atoms with van der Waals surface area (Å²) in [7, 11) is 0. The molecule has 74 valence electrons. The summed E-state index contributed by atoms with van der Waals surface area (Å²) in [5.74, 6) is 1.70. The molecule has 0 amide bonds. The SMILES string of the molecule is N#Cc1ccc2nc(C3CCC3)[nH]c2c1. The fourth-order valence-electron chi connectivity index (χ4n) is 1.97. The number of hydrogen-bond donors (Lipinski definition) is 1. The van der Waals surface area contributed by atoms with Crippen LogP contribution in [0.2, 0.25) is 0 Å². The molecule has 1 aromatic heterocycles. The predicted octanol–water partition coefficient (Wildman–Crippen LogP) is 2.70. The number of nitrogens with one attached hydrogen (secondary N) is 1. The average molecular weight is 197 g/mol. The van der Waals surface area contributed by atoms with Crippen LogP contribution in [0.15, 0.2) is 18.2 Å². The number of nitrogens with zero attached hydrogens (tertiary/aromatic N) is 2. The Bertz CT molecular complexity index is 543. The minimum Gasteiger partial charge on any atom is -0.342 e. The van der Waals surface area contributed by atoms with Crippen LogP contribution < -0.4 is 0 Å². The molecule has 0 saturated heterocycles. The van der Waals surface area contributed by atoms with Crippen LogP contribution in [0.25, 0.3) is 11.0 Å². The topological polar surface area (TPSA) is 52.5 Å². The van der Waals surface area contributed by atoms with Gasteiger partial charge in [-0.1, -0.05) is 6.42 Å². The van der Waals surface area contributed by atoms with E-state index in [9.17, 15) is 0 Å². The Morgan fingerprint density at radius 3 is 2.93 bits per heavy atom. The minimum absolute atomic E-state index is 0.614. The third kappa shape index (κ3) is 1.30. The van der Waals surface area contributed by atoms with Crippen molar-refractivity contribution in [3.63, 3.8) is 0 Å². The van der Waals surface area contributed by atoms with Crippen LogP contribution >= 0.6 is 0 Å². The van der Waals surface area contributed by atoms with E-state index >= 15 is 0 Å².